The smallest absolute Gasteiger partial charge is 0.312 e. The average Bonchev–Trinajstić information content (AvgIpc) is 3.25. The summed E-state index contributed by atoms with van der Waals surface area (Å²) in [5.74, 6) is -0.396. The molecule has 1 aromatic carbocycles. The predicted molar refractivity (Wildman–Crippen MR) is 90.0 cm³/mol. The normalized spacial score (nSPS) is 20.8. The molecule has 2 fully saturated rings. The minimum atomic E-state index is -1.10. The molecule has 2 aliphatic rings. The van der Waals surface area contributed by atoms with Gasteiger partial charge in [-0.1, -0.05) is 12.8 Å². The van der Waals surface area contributed by atoms with E-state index in [1.807, 2.05) is 0 Å². The highest BCUT2D eigenvalue weighted by atomic mass is 19.1. The van der Waals surface area contributed by atoms with E-state index in [2.05, 4.69) is 0 Å². The molecule has 136 valence electrons. The van der Waals surface area contributed by atoms with Crippen molar-refractivity contribution in [3.63, 3.8) is 0 Å². The molecule has 1 aliphatic carbocycles. The van der Waals surface area contributed by atoms with Crippen LogP contribution in [-0.4, -0.2) is 41.6 Å². The molecule has 6 heteroatoms. The van der Waals surface area contributed by atoms with E-state index in [1.165, 1.54) is 18.9 Å². The van der Waals surface area contributed by atoms with Gasteiger partial charge < -0.3 is 14.7 Å². The number of halogens is 1. The van der Waals surface area contributed by atoms with E-state index in [4.69, 9.17) is 9.84 Å². The minimum Gasteiger partial charge on any atom is -0.493 e. The monoisotopic (exact) mass is 349 g/mol. The Bertz CT molecular complexity index is 642. The lowest BCUT2D eigenvalue weighted by Gasteiger charge is -2.19. The SMILES string of the molecule is O=C(O)CC(=O)N1CC[C@H](COc2ccc(F)cc2C2CCCC2)C1. The Balaban J connectivity index is 1.57. The molecule has 1 saturated heterocycles. The van der Waals surface area contributed by atoms with Gasteiger partial charge in [0.25, 0.3) is 0 Å². The molecule has 3 rings (SSSR count). The number of aliphatic carboxylic acids is 1. The largest absolute Gasteiger partial charge is 0.493 e. The highest BCUT2D eigenvalue weighted by Crippen LogP contribution is 2.39. The Morgan fingerprint density at radius 2 is 2.00 bits per heavy atom. The van der Waals surface area contributed by atoms with Gasteiger partial charge in [-0.3, -0.25) is 9.59 Å². The lowest BCUT2D eigenvalue weighted by Crippen LogP contribution is -2.31. The summed E-state index contributed by atoms with van der Waals surface area (Å²) in [6, 6.07) is 4.71. The van der Waals surface area contributed by atoms with E-state index in [9.17, 15) is 14.0 Å². The van der Waals surface area contributed by atoms with Crippen LogP contribution in [0, 0.1) is 11.7 Å². The van der Waals surface area contributed by atoms with Crippen molar-refractivity contribution in [3.8, 4) is 5.75 Å². The van der Waals surface area contributed by atoms with E-state index < -0.39 is 12.4 Å². The van der Waals surface area contributed by atoms with Crippen LogP contribution in [0.15, 0.2) is 18.2 Å². The zero-order chi connectivity index (χ0) is 17.8. The van der Waals surface area contributed by atoms with Crippen molar-refractivity contribution in [2.75, 3.05) is 19.7 Å². The molecule has 0 bridgehead atoms. The lowest BCUT2D eigenvalue weighted by molar-refractivity contribution is -0.143. The predicted octanol–water partition coefficient (Wildman–Crippen LogP) is 3.19. The average molecular weight is 349 g/mol. The number of carbonyl (C=O) groups is 2. The minimum absolute atomic E-state index is 0.180. The maximum Gasteiger partial charge on any atom is 0.312 e. The fourth-order valence-corrected chi connectivity index (χ4v) is 3.85. The maximum atomic E-state index is 13.6. The fourth-order valence-electron chi connectivity index (χ4n) is 3.85. The summed E-state index contributed by atoms with van der Waals surface area (Å²) in [4.78, 5) is 24.0. The molecule has 1 aromatic rings. The number of likely N-dealkylation sites (tertiary alicyclic amines) is 1. The summed E-state index contributed by atoms with van der Waals surface area (Å²) in [7, 11) is 0. The topological polar surface area (TPSA) is 66.8 Å². The number of hydrogen-bond acceptors (Lipinski definition) is 3. The van der Waals surface area contributed by atoms with E-state index in [-0.39, 0.29) is 17.6 Å². The fraction of sp³-hybridized carbons (Fsp3) is 0.579. The highest BCUT2D eigenvalue weighted by molar-refractivity contribution is 5.93. The number of carbonyl (C=O) groups excluding carboxylic acids is 1. The third-order valence-electron chi connectivity index (χ3n) is 5.18. The molecule has 0 radical (unpaired) electrons. The maximum absolute atomic E-state index is 13.6. The van der Waals surface area contributed by atoms with Crippen LogP contribution in [-0.2, 0) is 9.59 Å². The van der Waals surface area contributed by atoms with Crippen LogP contribution >= 0.6 is 0 Å². The molecule has 1 aliphatic heterocycles. The van der Waals surface area contributed by atoms with Crippen molar-refractivity contribution in [2.45, 2.75) is 44.4 Å². The number of ether oxygens (including phenoxy) is 1. The Labute approximate surface area is 146 Å². The molecular weight excluding hydrogens is 325 g/mol. The number of rotatable bonds is 6. The van der Waals surface area contributed by atoms with E-state index >= 15 is 0 Å². The number of amides is 1. The number of nitrogens with zero attached hydrogens (tertiary/aromatic N) is 1. The highest BCUT2D eigenvalue weighted by Gasteiger charge is 2.28. The molecule has 1 heterocycles. The third-order valence-corrected chi connectivity index (χ3v) is 5.18. The second-order valence-electron chi connectivity index (χ2n) is 7.04. The molecule has 1 saturated carbocycles. The van der Waals surface area contributed by atoms with Crippen molar-refractivity contribution in [1.29, 1.82) is 0 Å². The quantitative estimate of drug-likeness (QED) is 0.801. The van der Waals surface area contributed by atoms with Crippen LogP contribution in [0.25, 0.3) is 0 Å². The Morgan fingerprint density at radius 3 is 2.72 bits per heavy atom. The van der Waals surface area contributed by atoms with E-state index in [1.54, 1.807) is 17.0 Å². The second kappa shape index (κ2) is 7.85. The summed E-state index contributed by atoms with van der Waals surface area (Å²) in [6.07, 6.45) is 4.82. The molecule has 0 aromatic heterocycles. The molecule has 1 amide bonds. The first-order chi connectivity index (χ1) is 12.0. The van der Waals surface area contributed by atoms with Crippen molar-refractivity contribution < 1.29 is 23.8 Å². The Morgan fingerprint density at radius 1 is 1.24 bits per heavy atom. The van der Waals surface area contributed by atoms with Gasteiger partial charge in [0.15, 0.2) is 0 Å². The van der Waals surface area contributed by atoms with Gasteiger partial charge in [0, 0.05) is 24.6 Å². The summed E-state index contributed by atoms with van der Waals surface area (Å²) in [5.41, 5.74) is 0.953. The van der Waals surface area contributed by atoms with Crippen LogP contribution < -0.4 is 4.74 Å². The zero-order valence-electron chi connectivity index (χ0n) is 14.2. The number of benzene rings is 1. The van der Waals surface area contributed by atoms with Crippen LogP contribution in [0.2, 0.25) is 0 Å². The van der Waals surface area contributed by atoms with Crippen molar-refractivity contribution in [2.24, 2.45) is 5.92 Å². The number of carboxylic acid groups (broad SMARTS) is 1. The second-order valence-corrected chi connectivity index (χ2v) is 7.04. The van der Waals surface area contributed by atoms with Gasteiger partial charge >= 0.3 is 5.97 Å². The summed E-state index contributed by atoms with van der Waals surface area (Å²) >= 11 is 0. The number of carboxylic acids is 1. The summed E-state index contributed by atoms with van der Waals surface area (Å²) in [6.45, 7) is 1.55. The van der Waals surface area contributed by atoms with Crippen molar-refractivity contribution >= 4 is 11.9 Å². The number of hydrogen-bond donors (Lipinski definition) is 1. The van der Waals surface area contributed by atoms with Gasteiger partial charge in [-0.05, 0) is 43.4 Å². The Hall–Kier alpha value is -2.11. The van der Waals surface area contributed by atoms with Crippen molar-refractivity contribution in [1.82, 2.24) is 4.90 Å². The molecule has 0 unspecified atom stereocenters. The first-order valence-corrected chi connectivity index (χ1v) is 8.94. The summed E-state index contributed by atoms with van der Waals surface area (Å²) in [5, 5.41) is 8.72. The summed E-state index contributed by atoms with van der Waals surface area (Å²) < 4.78 is 19.6. The van der Waals surface area contributed by atoms with Gasteiger partial charge in [-0.25, -0.2) is 4.39 Å². The van der Waals surface area contributed by atoms with Gasteiger partial charge in [0.05, 0.1) is 6.61 Å². The van der Waals surface area contributed by atoms with Crippen LogP contribution in [0.1, 0.15) is 50.0 Å². The van der Waals surface area contributed by atoms with Gasteiger partial charge in [-0.15, -0.1) is 0 Å². The van der Waals surface area contributed by atoms with E-state index in [0.29, 0.717) is 25.6 Å². The van der Waals surface area contributed by atoms with E-state index in [0.717, 1.165) is 30.6 Å². The third kappa shape index (κ3) is 4.50. The van der Waals surface area contributed by atoms with Gasteiger partial charge in [0.1, 0.15) is 18.0 Å². The van der Waals surface area contributed by atoms with Crippen LogP contribution in [0.3, 0.4) is 0 Å². The van der Waals surface area contributed by atoms with Gasteiger partial charge in [-0.2, -0.15) is 0 Å². The Kier molecular flexibility index (Phi) is 5.56. The first kappa shape index (κ1) is 17.7. The lowest BCUT2D eigenvalue weighted by atomic mass is 9.96. The molecule has 5 nitrogen and oxygen atoms in total. The zero-order valence-corrected chi connectivity index (χ0v) is 14.2. The molecule has 0 spiro atoms. The molecule has 1 atom stereocenters. The molecular formula is C19H24FNO4. The van der Waals surface area contributed by atoms with Gasteiger partial charge in [0.2, 0.25) is 5.91 Å². The molecule has 25 heavy (non-hydrogen) atoms. The van der Waals surface area contributed by atoms with Crippen LogP contribution in [0.5, 0.6) is 5.75 Å². The van der Waals surface area contributed by atoms with Crippen LogP contribution in [0.4, 0.5) is 4.39 Å². The first-order valence-electron chi connectivity index (χ1n) is 8.94. The standard InChI is InChI=1S/C19H24FNO4/c20-15-5-6-17(16(9-15)14-3-1-2-4-14)25-12-13-7-8-21(11-13)18(22)10-19(23)24/h5-6,9,13-14H,1-4,7-8,10-12H2,(H,23,24)/t13-/m0/s1. The molecule has 1 N–H and O–H groups in total. The van der Waals surface area contributed by atoms with Crippen molar-refractivity contribution in [3.05, 3.63) is 29.6 Å².